The third-order valence-electron chi connectivity index (χ3n) is 3.63. The molecule has 0 spiro atoms. The summed E-state index contributed by atoms with van der Waals surface area (Å²) in [5.41, 5.74) is 2.69. The molecule has 6 heteroatoms. The number of fused-ring (bicyclic) bond motifs is 3. The highest BCUT2D eigenvalue weighted by molar-refractivity contribution is 7.10. The zero-order valence-corrected chi connectivity index (χ0v) is 13.3. The van der Waals surface area contributed by atoms with Crippen molar-refractivity contribution >= 4 is 11.3 Å². The zero-order chi connectivity index (χ0) is 15.7. The molecule has 1 aromatic carbocycles. The smallest absolute Gasteiger partial charge is 0.308 e. The van der Waals surface area contributed by atoms with Crippen molar-refractivity contribution in [1.82, 2.24) is 4.57 Å². The van der Waals surface area contributed by atoms with E-state index in [2.05, 4.69) is 6.07 Å². The van der Waals surface area contributed by atoms with Crippen LogP contribution in [-0.2, 0) is 13.0 Å². The number of rotatable bonds is 4. The molecule has 0 fully saturated rings. The lowest BCUT2D eigenvalue weighted by atomic mass is 9.96. The summed E-state index contributed by atoms with van der Waals surface area (Å²) in [6.07, 6.45) is 0.746. The van der Waals surface area contributed by atoms with Gasteiger partial charge in [-0.15, -0.1) is 0 Å². The molecule has 1 aliphatic heterocycles. The van der Waals surface area contributed by atoms with Crippen molar-refractivity contribution < 1.29 is 9.47 Å². The average Bonchev–Trinajstić information content (AvgIpc) is 2.85. The quantitative estimate of drug-likeness (QED) is 0.870. The van der Waals surface area contributed by atoms with Gasteiger partial charge in [-0.25, -0.2) is 0 Å². The van der Waals surface area contributed by atoms with Crippen molar-refractivity contribution in [3.63, 3.8) is 0 Å². The lowest BCUT2D eigenvalue weighted by molar-refractivity contribution is 0.287. The van der Waals surface area contributed by atoms with Crippen LogP contribution >= 0.6 is 11.3 Å². The molecule has 2 aromatic rings. The fourth-order valence-corrected chi connectivity index (χ4v) is 3.58. The first-order valence-corrected chi connectivity index (χ1v) is 8.07. The summed E-state index contributed by atoms with van der Waals surface area (Å²) < 4.78 is 13.0. The summed E-state index contributed by atoms with van der Waals surface area (Å²) in [7, 11) is 0. The van der Waals surface area contributed by atoms with E-state index in [1.165, 1.54) is 0 Å². The van der Waals surface area contributed by atoms with Gasteiger partial charge in [0.25, 0.3) is 0 Å². The molecule has 22 heavy (non-hydrogen) atoms. The van der Waals surface area contributed by atoms with E-state index >= 15 is 0 Å². The van der Waals surface area contributed by atoms with Gasteiger partial charge in [-0.2, -0.15) is 5.26 Å². The normalized spacial score (nSPS) is 12.2. The highest BCUT2D eigenvalue weighted by atomic mass is 32.1. The van der Waals surface area contributed by atoms with Gasteiger partial charge in [0.1, 0.15) is 10.9 Å². The van der Waals surface area contributed by atoms with E-state index in [0.29, 0.717) is 41.8 Å². The third kappa shape index (κ3) is 2.28. The number of hydrogen-bond acceptors (Lipinski definition) is 5. The van der Waals surface area contributed by atoms with E-state index in [1.807, 2.05) is 26.0 Å². The molecule has 0 amide bonds. The zero-order valence-electron chi connectivity index (χ0n) is 12.5. The molecule has 0 saturated carbocycles. The Morgan fingerprint density at radius 3 is 2.59 bits per heavy atom. The van der Waals surface area contributed by atoms with Gasteiger partial charge in [0.2, 0.25) is 0 Å². The minimum atomic E-state index is -0.0796. The number of benzene rings is 1. The number of nitrogens with zero attached hydrogens (tertiary/aromatic N) is 2. The fraction of sp³-hybridized carbons (Fsp3) is 0.375. The van der Waals surface area contributed by atoms with Crippen LogP contribution in [0.1, 0.15) is 24.3 Å². The van der Waals surface area contributed by atoms with Crippen LogP contribution in [0.5, 0.6) is 11.5 Å². The first kappa shape index (κ1) is 14.7. The van der Waals surface area contributed by atoms with Crippen LogP contribution in [0, 0.1) is 11.3 Å². The molecule has 0 unspecified atom stereocenters. The van der Waals surface area contributed by atoms with Gasteiger partial charge in [-0.1, -0.05) is 11.3 Å². The van der Waals surface area contributed by atoms with E-state index in [-0.39, 0.29) is 4.87 Å². The summed E-state index contributed by atoms with van der Waals surface area (Å²) in [5.74, 6) is 1.37. The maximum atomic E-state index is 12.0. The van der Waals surface area contributed by atoms with E-state index in [4.69, 9.17) is 9.47 Å². The Labute approximate surface area is 132 Å². The van der Waals surface area contributed by atoms with Gasteiger partial charge in [0.05, 0.1) is 18.9 Å². The van der Waals surface area contributed by atoms with Gasteiger partial charge in [-0.05, 0) is 38.0 Å². The van der Waals surface area contributed by atoms with Crippen LogP contribution in [0.25, 0.3) is 11.3 Å². The van der Waals surface area contributed by atoms with Crippen molar-refractivity contribution in [1.29, 1.82) is 5.26 Å². The summed E-state index contributed by atoms with van der Waals surface area (Å²) in [4.78, 5) is 12.4. The molecule has 0 N–H and O–H groups in total. The van der Waals surface area contributed by atoms with E-state index in [9.17, 15) is 10.1 Å². The molecule has 3 rings (SSSR count). The number of hydrogen-bond donors (Lipinski definition) is 0. The topological polar surface area (TPSA) is 64.2 Å². The highest BCUT2D eigenvalue weighted by Gasteiger charge is 2.25. The number of thiazole rings is 1. The minimum Gasteiger partial charge on any atom is -0.490 e. The molecule has 2 heterocycles. The Balaban J connectivity index is 2.22. The molecule has 0 saturated heterocycles. The van der Waals surface area contributed by atoms with E-state index in [1.54, 1.807) is 4.57 Å². The van der Waals surface area contributed by atoms with Crippen molar-refractivity contribution in [3.05, 3.63) is 32.2 Å². The molecule has 0 aliphatic carbocycles. The molecule has 1 aromatic heterocycles. The Bertz CT molecular complexity index is 814. The Kier molecular flexibility index (Phi) is 3.90. The summed E-state index contributed by atoms with van der Waals surface area (Å²) >= 11 is 1.00. The van der Waals surface area contributed by atoms with E-state index in [0.717, 1.165) is 28.9 Å². The first-order chi connectivity index (χ1) is 10.7. The van der Waals surface area contributed by atoms with Gasteiger partial charge in [0, 0.05) is 12.1 Å². The van der Waals surface area contributed by atoms with Gasteiger partial charge in [0.15, 0.2) is 11.5 Å². The molecular weight excluding hydrogens is 300 g/mol. The van der Waals surface area contributed by atoms with Crippen molar-refractivity contribution in [2.75, 3.05) is 13.2 Å². The van der Waals surface area contributed by atoms with Crippen LogP contribution in [0.4, 0.5) is 0 Å². The largest absolute Gasteiger partial charge is 0.490 e. The van der Waals surface area contributed by atoms with Gasteiger partial charge >= 0.3 is 4.87 Å². The van der Waals surface area contributed by atoms with Crippen molar-refractivity contribution in [2.24, 2.45) is 0 Å². The lowest BCUT2D eigenvalue weighted by Gasteiger charge is -2.21. The van der Waals surface area contributed by atoms with E-state index < -0.39 is 0 Å². The number of ether oxygens (including phenoxy) is 2. The Morgan fingerprint density at radius 2 is 1.95 bits per heavy atom. The molecule has 5 nitrogen and oxygen atoms in total. The molecule has 1 aliphatic rings. The molecule has 0 atom stereocenters. The second-order valence-corrected chi connectivity index (χ2v) is 5.84. The second-order valence-electron chi connectivity index (χ2n) is 4.88. The van der Waals surface area contributed by atoms with Crippen LogP contribution < -0.4 is 14.3 Å². The molecular formula is C16H16N2O3S. The maximum Gasteiger partial charge on any atom is 0.308 e. The van der Waals surface area contributed by atoms with Gasteiger partial charge < -0.3 is 9.47 Å². The summed E-state index contributed by atoms with van der Waals surface area (Å²) in [5, 5.41) is 9.30. The minimum absolute atomic E-state index is 0.0796. The van der Waals surface area contributed by atoms with Crippen molar-refractivity contribution in [2.45, 2.75) is 26.8 Å². The maximum absolute atomic E-state index is 12.0. The third-order valence-corrected chi connectivity index (χ3v) is 4.51. The van der Waals surface area contributed by atoms with Crippen LogP contribution in [-0.4, -0.2) is 17.8 Å². The molecule has 0 radical (unpaired) electrons. The van der Waals surface area contributed by atoms with Crippen LogP contribution in [0.3, 0.4) is 0 Å². The lowest BCUT2D eigenvalue weighted by Crippen LogP contribution is -2.20. The van der Waals surface area contributed by atoms with Crippen LogP contribution in [0.2, 0.25) is 0 Å². The number of nitriles is 1. The number of aromatic nitrogens is 1. The molecule has 114 valence electrons. The first-order valence-electron chi connectivity index (χ1n) is 7.26. The highest BCUT2D eigenvalue weighted by Crippen LogP contribution is 2.40. The Morgan fingerprint density at radius 1 is 1.27 bits per heavy atom. The standard InChI is InChI=1S/C16H16N2O3S/c1-3-20-12-7-10-5-6-18-15(14(9-17)22-16(18)19)11(10)8-13(12)21-4-2/h7-8H,3-6H2,1-2H3. The van der Waals surface area contributed by atoms with Crippen molar-refractivity contribution in [3.8, 4) is 28.8 Å². The number of aryl methyl sites for hydroxylation is 1. The average molecular weight is 316 g/mol. The van der Waals surface area contributed by atoms with Gasteiger partial charge in [-0.3, -0.25) is 9.36 Å². The van der Waals surface area contributed by atoms with Crippen LogP contribution in [0.15, 0.2) is 16.9 Å². The monoisotopic (exact) mass is 316 g/mol. The summed E-state index contributed by atoms with van der Waals surface area (Å²) in [6.45, 7) is 5.53. The summed E-state index contributed by atoms with van der Waals surface area (Å²) in [6, 6.07) is 5.99. The molecule has 0 bridgehead atoms. The SMILES string of the molecule is CCOc1cc2c(cc1OCC)-c1c(C#N)sc(=O)n1CC2. The predicted octanol–water partition coefficient (Wildman–Crippen LogP) is 2.80. The second kappa shape index (κ2) is 5.85. The predicted molar refractivity (Wildman–Crippen MR) is 84.8 cm³/mol. The fourth-order valence-electron chi connectivity index (χ4n) is 2.75. The Hall–Kier alpha value is -2.26.